The second-order valence-electron chi connectivity index (χ2n) is 2.71. The molecule has 5 nitrogen and oxygen atoms in total. The van der Waals surface area contributed by atoms with Gasteiger partial charge in [-0.15, -0.1) is 0 Å². The fourth-order valence-corrected chi connectivity index (χ4v) is 1.26. The molecule has 0 saturated carbocycles. The molecule has 6 heteroatoms. The minimum atomic E-state index is -0.596. The molecule has 0 aliphatic rings. The Labute approximate surface area is 90.7 Å². The molecule has 0 saturated heterocycles. The number of aromatic hydroxyl groups is 1. The van der Waals surface area contributed by atoms with Crippen molar-refractivity contribution in [3.63, 3.8) is 0 Å². The minimum absolute atomic E-state index is 0.0367. The van der Waals surface area contributed by atoms with Crippen LogP contribution in [-0.4, -0.2) is 22.0 Å². The molecule has 0 bridgehead atoms. The van der Waals surface area contributed by atoms with Crippen molar-refractivity contribution in [3.05, 3.63) is 24.3 Å². The third-order valence-electron chi connectivity index (χ3n) is 1.48. The number of phenolic OH excluding ortho intramolecular Hbond substituents is 1. The third kappa shape index (κ3) is 4.37. The number of hydrogen-bond donors (Lipinski definition) is 3. The van der Waals surface area contributed by atoms with Crippen LogP contribution in [0.5, 0.6) is 5.75 Å². The van der Waals surface area contributed by atoms with E-state index in [2.05, 4.69) is 5.32 Å². The van der Waals surface area contributed by atoms with E-state index >= 15 is 0 Å². The highest BCUT2D eigenvalue weighted by molar-refractivity contribution is 8.14. The van der Waals surface area contributed by atoms with Gasteiger partial charge in [-0.05, 0) is 12.1 Å². The van der Waals surface area contributed by atoms with Gasteiger partial charge in [0.2, 0.25) is 5.91 Å². The zero-order chi connectivity index (χ0) is 11.3. The second-order valence-corrected chi connectivity index (χ2v) is 3.69. The fourth-order valence-electron chi connectivity index (χ4n) is 0.917. The van der Waals surface area contributed by atoms with Gasteiger partial charge in [-0.1, -0.05) is 17.8 Å². The van der Waals surface area contributed by atoms with Gasteiger partial charge < -0.3 is 16.2 Å². The van der Waals surface area contributed by atoms with Crippen LogP contribution in [0.2, 0.25) is 0 Å². The van der Waals surface area contributed by atoms with E-state index in [9.17, 15) is 9.59 Å². The summed E-state index contributed by atoms with van der Waals surface area (Å²) < 4.78 is 0. The standard InChI is InChI=1S/C9H10N2O3S/c10-9(14)15-5-8(13)11-6-2-1-3-7(12)4-6/h1-4,12H,5H2,(H2,10,14)(H,11,13). The lowest BCUT2D eigenvalue weighted by molar-refractivity contribution is -0.113. The summed E-state index contributed by atoms with van der Waals surface area (Å²) in [6.07, 6.45) is 0. The van der Waals surface area contributed by atoms with E-state index in [0.29, 0.717) is 5.69 Å². The summed E-state index contributed by atoms with van der Waals surface area (Å²) in [5.74, 6) is -0.315. The number of hydrogen-bond acceptors (Lipinski definition) is 4. The Morgan fingerprint density at radius 1 is 1.47 bits per heavy atom. The number of nitrogens with one attached hydrogen (secondary N) is 1. The zero-order valence-corrected chi connectivity index (χ0v) is 8.58. The van der Waals surface area contributed by atoms with E-state index in [-0.39, 0.29) is 17.4 Å². The molecule has 0 spiro atoms. The second kappa shape index (κ2) is 5.26. The number of primary amides is 1. The van der Waals surface area contributed by atoms with Crippen LogP contribution in [0.1, 0.15) is 0 Å². The molecule has 0 unspecified atom stereocenters. The highest BCUT2D eigenvalue weighted by atomic mass is 32.2. The first-order chi connectivity index (χ1) is 7.08. The lowest BCUT2D eigenvalue weighted by atomic mass is 10.3. The van der Waals surface area contributed by atoms with E-state index in [1.807, 2.05) is 0 Å². The maximum atomic E-state index is 11.2. The summed E-state index contributed by atoms with van der Waals surface area (Å²) in [6.45, 7) is 0. The minimum Gasteiger partial charge on any atom is -0.508 e. The number of thioether (sulfide) groups is 1. The van der Waals surface area contributed by atoms with Crippen LogP contribution >= 0.6 is 11.8 Å². The molecule has 4 N–H and O–H groups in total. The van der Waals surface area contributed by atoms with Crippen molar-refractivity contribution in [2.75, 3.05) is 11.1 Å². The Morgan fingerprint density at radius 2 is 2.20 bits per heavy atom. The van der Waals surface area contributed by atoms with Crippen molar-refractivity contribution in [1.29, 1.82) is 0 Å². The smallest absolute Gasteiger partial charge is 0.276 e. The predicted octanol–water partition coefficient (Wildman–Crippen LogP) is 1.14. The largest absolute Gasteiger partial charge is 0.508 e. The van der Waals surface area contributed by atoms with Gasteiger partial charge in [-0.2, -0.15) is 0 Å². The summed E-state index contributed by atoms with van der Waals surface area (Å²) in [6, 6.07) is 6.14. The topological polar surface area (TPSA) is 92.4 Å². The number of carbonyl (C=O) groups excluding carboxylic acids is 2. The SMILES string of the molecule is NC(=O)SCC(=O)Nc1cccc(O)c1. The molecule has 80 valence electrons. The van der Waals surface area contributed by atoms with Gasteiger partial charge >= 0.3 is 0 Å². The number of carbonyl (C=O) groups is 2. The number of benzene rings is 1. The molecule has 1 rings (SSSR count). The molecule has 2 amide bonds. The van der Waals surface area contributed by atoms with Gasteiger partial charge in [-0.25, -0.2) is 0 Å². The number of rotatable bonds is 3. The third-order valence-corrected chi connectivity index (χ3v) is 2.17. The van der Waals surface area contributed by atoms with Crippen LogP contribution in [0.4, 0.5) is 10.5 Å². The summed E-state index contributed by atoms with van der Waals surface area (Å²) in [5, 5.41) is 11.0. The van der Waals surface area contributed by atoms with Crippen molar-refractivity contribution >= 4 is 28.6 Å². The highest BCUT2D eigenvalue weighted by Crippen LogP contribution is 2.15. The van der Waals surface area contributed by atoms with Crippen LogP contribution in [0.15, 0.2) is 24.3 Å². The first-order valence-corrected chi connectivity index (χ1v) is 5.07. The monoisotopic (exact) mass is 226 g/mol. The summed E-state index contributed by atoms with van der Waals surface area (Å²) >= 11 is 0.727. The van der Waals surface area contributed by atoms with Crippen molar-refractivity contribution in [2.24, 2.45) is 5.73 Å². The van der Waals surface area contributed by atoms with Crippen molar-refractivity contribution in [2.45, 2.75) is 0 Å². The van der Waals surface area contributed by atoms with Gasteiger partial charge in [0.25, 0.3) is 5.24 Å². The van der Waals surface area contributed by atoms with E-state index < -0.39 is 5.24 Å². The van der Waals surface area contributed by atoms with Crippen LogP contribution in [-0.2, 0) is 4.79 Å². The fraction of sp³-hybridized carbons (Fsp3) is 0.111. The Morgan fingerprint density at radius 3 is 2.80 bits per heavy atom. The summed E-state index contributed by atoms with van der Waals surface area (Å²) in [7, 11) is 0. The van der Waals surface area contributed by atoms with Crippen LogP contribution in [0.25, 0.3) is 0 Å². The maximum absolute atomic E-state index is 11.2. The number of nitrogens with two attached hydrogens (primary N) is 1. The zero-order valence-electron chi connectivity index (χ0n) is 7.77. The van der Waals surface area contributed by atoms with Gasteiger partial charge in [0.15, 0.2) is 0 Å². The number of phenols is 1. The molecule has 1 aromatic carbocycles. The van der Waals surface area contributed by atoms with Gasteiger partial charge in [0, 0.05) is 11.8 Å². The van der Waals surface area contributed by atoms with Gasteiger partial charge in [0.1, 0.15) is 5.75 Å². The highest BCUT2D eigenvalue weighted by Gasteiger charge is 2.05. The molecule has 0 aliphatic carbocycles. The Balaban J connectivity index is 2.48. The summed E-state index contributed by atoms with van der Waals surface area (Å²) in [4.78, 5) is 21.6. The number of amides is 2. The molecule has 0 aliphatic heterocycles. The molecular formula is C9H10N2O3S. The molecule has 0 heterocycles. The molecule has 0 aromatic heterocycles. The van der Waals surface area contributed by atoms with Crippen molar-refractivity contribution in [1.82, 2.24) is 0 Å². The van der Waals surface area contributed by atoms with Crippen molar-refractivity contribution < 1.29 is 14.7 Å². The van der Waals surface area contributed by atoms with Crippen LogP contribution < -0.4 is 11.1 Å². The molecule has 0 fully saturated rings. The van der Waals surface area contributed by atoms with E-state index in [4.69, 9.17) is 10.8 Å². The Kier molecular flexibility index (Phi) is 3.99. The normalized spacial score (nSPS) is 9.60. The molecule has 0 atom stereocenters. The Hall–Kier alpha value is -1.69. The lowest BCUT2D eigenvalue weighted by Gasteiger charge is -2.03. The maximum Gasteiger partial charge on any atom is 0.276 e. The average Bonchev–Trinajstić information content (AvgIpc) is 2.15. The summed E-state index contributed by atoms with van der Waals surface area (Å²) in [5.41, 5.74) is 5.34. The van der Waals surface area contributed by atoms with Crippen LogP contribution in [0.3, 0.4) is 0 Å². The van der Waals surface area contributed by atoms with E-state index in [1.165, 1.54) is 12.1 Å². The Bertz CT molecular complexity index is 381. The molecule has 0 radical (unpaired) electrons. The van der Waals surface area contributed by atoms with E-state index in [0.717, 1.165) is 11.8 Å². The predicted molar refractivity (Wildman–Crippen MR) is 58.8 cm³/mol. The van der Waals surface area contributed by atoms with Crippen LogP contribution in [0, 0.1) is 0 Å². The van der Waals surface area contributed by atoms with Gasteiger partial charge in [0.05, 0.1) is 5.75 Å². The molecule has 1 aromatic rings. The van der Waals surface area contributed by atoms with Crippen molar-refractivity contribution in [3.8, 4) is 5.75 Å². The first kappa shape index (κ1) is 11.4. The quantitative estimate of drug-likeness (QED) is 0.720. The lowest BCUT2D eigenvalue weighted by Crippen LogP contribution is -2.16. The number of anilines is 1. The first-order valence-electron chi connectivity index (χ1n) is 4.09. The molecule has 15 heavy (non-hydrogen) atoms. The molecular weight excluding hydrogens is 216 g/mol. The van der Waals surface area contributed by atoms with E-state index in [1.54, 1.807) is 12.1 Å². The average molecular weight is 226 g/mol. The van der Waals surface area contributed by atoms with Gasteiger partial charge in [-0.3, -0.25) is 9.59 Å².